The Morgan fingerprint density at radius 2 is 2.22 bits per heavy atom. The van der Waals surface area contributed by atoms with E-state index in [0.29, 0.717) is 28.9 Å². The number of amides is 1. The Balaban J connectivity index is 0.00000131. The fourth-order valence-corrected chi connectivity index (χ4v) is 4.25. The highest BCUT2D eigenvalue weighted by atomic mass is 35.5. The molecule has 1 aromatic carbocycles. The highest BCUT2D eigenvalue weighted by Gasteiger charge is 2.53. The fraction of sp³-hybridized carbons (Fsp3) is 0.444. The van der Waals surface area contributed by atoms with Gasteiger partial charge in [0.15, 0.2) is 5.76 Å². The number of aromatic nitrogens is 1. The van der Waals surface area contributed by atoms with Crippen molar-refractivity contribution >= 4 is 42.3 Å². The van der Waals surface area contributed by atoms with Crippen LogP contribution in [0.1, 0.15) is 5.69 Å². The van der Waals surface area contributed by atoms with E-state index in [4.69, 9.17) is 16.1 Å². The molecule has 0 aliphatic carbocycles. The second kappa shape index (κ2) is 8.80. The first-order valence-electron chi connectivity index (χ1n) is 8.46. The summed E-state index contributed by atoms with van der Waals surface area (Å²) in [5.74, 6) is 1.07. The topological polar surface area (TPSA) is 70.4 Å². The third-order valence-corrected chi connectivity index (χ3v) is 5.61. The molecule has 6 nitrogen and oxygen atoms in total. The van der Waals surface area contributed by atoms with Crippen LogP contribution in [0.5, 0.6) is 0 Å². The molecule has 0 saturated carbocycles. The lowest BCUT2D eigenvalue weighted by molar-refractivity contribution is -0.130. The molecule has 1 amide bonds. The predicted molar refractivity (Wildman–Crippen MR) is 110 cm³/mol. The Hall–Kier alpha value is -1.31. The molecular formula is C18H23Cl3N4O2. The molecule has 2 aliphatic rings. The molecule has 2 fully saturated rings. The van der Waals surface area contributed by atoms with E-state index in [-0.39, 0.29) is 36.1 Å². The molecule has 0 bridgehead atoms. The number of likely N-dealkylation sites (tertiary alicyclic amines) is 1. The van der Waals surface area contributed by atoms with Crippen molar-refractivity contribution in [3.05, 3.63) is 41.0 Å². The lowest BCUT2D eigenvalue weighted by atomic mass is 9.80. The van der Waals surface area contributed by atoms with Crippen molar-refractivity contribution in [1.29, 1.82) is 0 Å². The Morgan fingerprint density at radius 3 is 3.00 bits per heavy atom. The van der Waals surface area contributed by atoms with E-state index >= 15 is 0 Å². The number of hydrogen-bond donors (Lipinski definition) is 2. The van der Waals surface area contributed by atoms with Gasteiger partial charge >= 0.3 is 0 Å². The third kappa shape index (κ3) is 4.10. The molecule has 2 aromatic rings. The average Bonchev–Trinajstić information content (AvgIpc) is 3.27. The van der Waals surface area contributed by atoms with Crippen LogP contribution in [0.25, 0.3) is 11.3 Å². The first-order chi connectivity index (χ1) is 12.1. The molecule has 2 saturated heterocycles. The van der Waals surface area contributed by atoms with E-state index in [9.17, 15) is 4.79 Å². The van der Waals surface area contributed by atoms with Gasteiger partial charge in [0.05, 0.1) is 17.0 Å². The summed E-state index contributed by atoms with van der Waals surface area (Å²) in [5, 5.41) is 11.1. The number of hydrogen-bond acceptors (Lipinski definition) is 5. The van der Waals surface area contributed by atoms with Gasteiger partial charge in [-0.2, -0.15) is 0 Å². The van der Waals surface area contributed by atoms with Crippen LogP contribution in [0, 0.1) is 11.3 Å². The largest absolute Gasteiger partial charge is 0.356 e. The molecule has 4 rings (SSSR count). The average molecular weight is 434 g/mol. The number of fused-ring (bicyclic) bond motifs is 1. The quantitative estimate of drug-likeness (QED) is 0.775. The van der Waals surface area contributed by atoms with Crippen molar-refractivity contribution in [2.75, 3.05) is 33.2 Å². The maximum Gasteiger partial charge on any atom is 0.229 e. The zero-order valence-corrected chi connectivity index (χ0v) is 17.3. The number of carbonyl (C=O) groups excluding carboxylic acids is 1. The van der Waals surface area contributed by atoms with Crippen molar-refractivity contribution in [3.63, 3.8) is 0 Å². The molecule has 0 radical (unpaired) electrons. The van der Waals surface area contributed by atoms with Gasteiger partial charge in [0.25, 0.3) is 0 Å². The van der Waals surface area contributed by atoms with Crippen LogP contribution < -0.4 is 10.6 Å². The van der Waals surface area contributed by atoms with Crippen molar-refractivity contribution in [3.8, 4) is 11.3 Å². The van der Waals surface area contributed by atoms with Crippen LogP contribution in [-0.4, -0.2) is 49.2 Å². The minimum absolute atomic E-state index is 0. The van der Waals surface area contributed by atoms with Gasteiger partial charge in [0.1, 0.15) is 5.69 Å². The molecule has 9 heteroatoms. The van der Waals surface area contributed by atoms with E-state index in [1.165, 1.54) is 0 Å². The zero-order valence-electron chi connectivity index (χ0n) is 14.9. The van der Waals surface area contributed by atoms with E-state index in [1.807, 2.05) is 30.3 Å². The van der Waals surface area contributed by atoms with E-state index in [0.717, 1.165) is 31.7 Å². The van der Waals surface area contributed by atoms with Gasteiger partial charge in [-0.05, 0) is 19.2 Å². The molecule has 2 aliphatic heterocycles. The second-order valence-corrected chi connectivity index (χ2v) is 7.43. The minimum atomic E-state index is -0.329. The molecule has 148 valence electrons. The standard InChI is InChI=1S/C18H21ClN4O2.2ClH/c1-23-9-12-7-20-10-18(12,11-23)17(24)21-8-13-6-16(25-22-13)14-4-2-3-5-15(14)19;;/h2-6,12,20H,7-11H2,1H3,(H,21,24);2*1H/t12-,18-;;/m1../s1. The summed E-state index contributed by atoms with van der Waals surface area (Å²) < 4.78 is 5.38. The smallest absolute Gasteiger partial charge is 0.229 e. The summed E-state index contributed by atoms with van der Waals surface area (Å²) in [6.07, 6.45) is 0. The van der Waals surface area contributed by atoms with Crippen LogP contribution >= 0.6 is 36.4 Å². The number of carbonyl (C=O) groups is 1. The van der Waals surface area contributed by atoms with Crippen molar-refractivity contribution in [2.24, 2.45) is 11.3 Å². The van der Waals surface area contributed by atoms with Crippen molar-refractivity contribution < 1.29 is 9.32 Å². The number of benzene rings is 1. The normalized spacial score (nSPS) is 24.0. The monoisotopic (exact) mass is 432 g/mol. The van der Waals surface area contributed by atoms with Crippen LogP contribution in [-0.2, 0) is 11.3 Å². The predicted octanol–water partition coefficient (Wildman–Crippen LogP) is 2.61. The lowest BCUT2D eigenvalue weighted by Gasteiger charge is -2.26. The van der Waals surface area contributed by atoms with Crippen LogP contribution in [0.4, 0.5) is 0 Å². The van der Waals surface area contributed by atoms with Gasteiger partial charge in [-0.25, -0.2) is 0 Å². The van der Waals surface area contributed by atoms with Gasteiger partial charge in [-0.3, -0.25) is 4.79 Å². The Kier molecular flexibility index (Phi) is 7.16. The van der Waals surface area contributed by atoms with Gasteiger partial charge in [0.2, 0.25) is 5.91 Å². The summed E-state index contributed by atoms with van der Waals surface area (Å²) in [6.45, 7) is 3.74. The third-order valence-electron chi connectivity index (χ3n) is 5.28. The molecule has 0 spiro atoms. The van der Waals surface area contributed by atoms with E-state index in [2.05, 4.69) is 27.7 Å². The van der Waals surface area contributed by atoms with Gasteiger partial charge in [0, 0.05) is 43.7 Å². The minimum Gasteiger partial charge on any atom is -0.356 e. The first-order valence-corrected chi connectivity index (χ1v) is 8.84. The number of halogens is 3. The SMILES string of the molecule is CN1C[C@H]2CNC[C@@]2(C(=O)NCc2cc(-c3ccccc3Cl)on2)C1.Cl.Cl. The zero-order chi connectivity index (χ0) is 17.4. The highest BCUT2D eigenvalue weighted by molar-refractivity contribution is 6.33. The summed E-state index contributed by atoms with van der Waals surface area (Å²) >= 11 is 6.19. The van der Waals surface area contributed by atoms with Gasteiger partial charge in [-0.15, -0.1) is 24.8 Å². The van der Waals surface area contributed by atoms with Crippen LogP contribution in [0.15, 0.2) is 34.9 Å². The number of nitrogens with one attached hydrogen (secondary N) is 2. The maximum atomic E-state index is 12.8. The lowest BCUT2D eigenvalue weighted by Crippen LogP contribution is -2.46. The number of nitrogens with zero attached hydrogens (tertiary/aromatic N) is 2. The Morgan fingerprint density at radius 1 is 1.44 bits per heavy atom. The summed E-state index contributed by atoms with van der Waals surface area (Å²) in [4.78, 5) is 15.1. The molecule has 27 heavy (non-hydrogen) atoms. The molecule has 3 heterocycles. The highest BCUT2D eigenvalue weighted by Crippen LogP contribution is 2.38. The summed E-state index contributed by atoms with van der Waals surface area (Å²) in [5.41, 5.74) is 1.16. The maximum absolute atomic E-state index is 12.8. The molecule has 1 aromatic heterocycles. The van der Waals surface area contributed by atoms with Crippen molar-refractivity contribution in [1.82, 2.24) is 20.7 Å². The molecule has 0 unspecified atom stereocenters. The Labute approximate surface area is 175 Å². The fourth-order valence-electron chi connectivity index (χ4n) is 4.02. The molecule has 2 N–H and O–H groups in total. The van der Waals surface area contributed by atoms with Crippen molar-refractivity contribution in [2.45, 2.75) is 6.54 Å². The summed E-state index contributed by atoms with van der Waals surface area (Å²) in [7, 11) is 2.07. The number of rotatable bonds is 4. The van der Waals surface area contributed by atoms with Gasteiger partial charge < -0.3 is 20.1 Å². The summed E-state index contributed by atoms with van der Waals surface area (Å²) in [6, 6.07) is 9.28. The first kappa shape index (κ1) is 22.0. The van der Waals surface area contributed by atoms with Crippen LogP contribution in [0.3, 0.4) is 0 Å². The van der Waals surface area contributed by atoms with Crippen LogP contribution in [0.2, 0.25) is 5.02 Å². The molecular weight excluding hydrogens is 411 g/mol. The second-order valence-electron chi connectivity index (χ2n) is 7.03. The van der Waals surface area contributed by atoms with Gasteiger partial charge in [-0.1, -0.05) is 28.9 Å². The van der Waals surface area contributed by atoms with E-state index in [1.54, 1.807) is 0 Å². The van der Waals surface area contributed by atoms with E-state index < -0.39 is 0 Å². The Bertz CT molecular complexity index is 800. The molecule has 2 atom stereocenters.